The lowest BCUT2D eigenvalue weighted by Crippen LogP contribution is -1.94. The molecule has 0 aliphatic heterocycles. The minimum atomic E-state index is 0.743. The molecule has 0 heterocycles. The zero-order valence-corrected chi connectivity index (χ0v) is 5.22. The van der Waals surface area contributed by atoms with Crippen molar-refractivity contribution in [1.29, 1.82) is 0 Å². The molecule has 2 heteroatoms. The minimum absolute atomic E-state index is 0.743. The van der Waals surface area contributed by atoms with Gasteiger partial charge < -0.3 is 0 Å². The van der Waals surface area contributed by atoms with Crippen molar-refractivity contribution >= 4 is 19.3 Å². The van der Waals surface area contributed by atoms with Gasteiger partial charge in [-0.3, -0.25) is 0 Å². The second kappa shape index (κ2) is 4.28. The summed E-state index contributed by atoms with van der Waals surface area (Å²) < 4.78 is 3.63. The molecule has 0 rings (SSSR count). The largest absolute Gasteiger partial charge is 0.388 e. The van der Waals surface area contributed by atoms with Crippen LogP contribution in [0.2, 0.25) is 0 Å². The van der Waals surface area contributed by atoms with Gasteiger partial charge in [0.05, 0.1) is 6.42 Å². The maximum Gasteiger partial charge on any atom is 0.388 e. The Morgan fingerprint density at radius 3 is 2.50 bits per heavy atom. The van der Waals surface area contributed by atoms with Gasteiger partial charge in [0.1, 0.15) is 6.72 Å². The van der Waals surface area contributed by atoms with Crippen molar-refractivity contribution in [2.75, 3.05) is 0 Å². The van der Waals surface area contributed by atoms with Crippen molar-refractivity contribution in [3.63, 3.8) is 0 Å². The van der Waals surface area contributed by atoms with E-state index >= 15 is 0 Å². The van der Waals surface area contributed by atoms with Gasteiger partial charge >= 0.3 is 5.84 Å². The normalized spacial score (nSPS) is 7.62. The first-order valence-electron chi connectivity index (χ1n) is 2.64. The lowest BCUT2D eigenvalue weighted by atomic mass is 10.3. The molecule has 44 valence electrons. The molecule has 0 unspecified atom stereocenters. The molecule has 0 N–H and O–H groups in total. The van der Waals surface area contributed by atoms with Gasteiger partial charge in [0.25, 0.3) is 0 Å². The summed E-state index contributed by atoms with van der Waals surface area (Å²) in [5.41, 5.74) is 0. The highest BCUT2D eigenvalue weighted by Crippen LogP contribution is 1.86. The number of hydrogen-bond acceptors (Lipinski definition) is 0. The smallest absolute Gasteiger partial charge is 0.220 e. The Kier molecular flexibility index (Phi) is 3.81. The first kappa shape index (κ1) is 7.12. The highest BCUT2D eigenvalue weighted by atomic mass is 14.8. The lowest BCUT2D eigenvalue weighted by Gasteiger charge is -1.76. The van der Waals surface area contributed by atoms with Gasteiger partial charge in [-0.2, -0.15) is 0 Å². The van der Waals surface area contributed by atoms with Crippen LogP contribution >= 0.6 is 0 Å². The third kappa shape index (κ3) is 2.32. The standard InChI is InChI=1S/C6H11N2/c1-4-5-6(7-2)8-3/h2-5H2,1H3/q+1. The fourth-order valence-electron chi connectivity index (χ4n) is 0.432. The van der Waals surface area contributed by atoms with E-state index in [1.807, 2.05) is 0 Å². The Morgan fingerprint density at radius 2 is 2.38 bits per heavy atom. The quantitative estimate of drug-likeness (QED) is 0.284. The molecule has 0 aliphatic carbocycles. The summed E-state index contributed by atoms with van der Waals surface area (Å²) in [5.74, 6) is 0.743. The first-order chi connectivity index (χ1) is 3.85. The molecule has 2 nitrogen and oxygen atoms in total. The molecule has 0 bridgehead atoms. The molecule has 0 saturated heterocycles. The second-order valence-corrected chi connectivity index (χ2v) is 1.48. The number of hydrogen-bond donors (Lipinski definition) is 0. The molecule has 8 heavy (non-hydrogen) atoms. The first-order valence-corrected chi connectivity index (χ1v) is 2.64. The number of nitrogens with zero attached hydrogens (tertiary/aromatic N) is 2. The highest BCUT2D eigenvalue weighted by Gasteiger charge is 2.00. The molecule has 0 aromatic rings. The van der Waals surface area contributed by atoms with Crippen molar-refractivity contribution < 1.29 is 0 Å². The van der Waals surface area contributed by atoms with Crippen molar-refractivity contribution in [2.45, 2.75) is 19.8 Å². The third-order valence-corrected chi connectivity index (χ3v) is 0.839. The van der Waals surface area contributed by atoms with Crippen LogP contribution in [-0.4, -0.2) is 19.3 Å². The van der Waals surface area contributed by atoms with E-state index in [1.165, 1.54) is 0 Å². The summed E-state index contributed by atoms with van der Waals surface area (Å²) in [7, 11) is 0. The van der Waals surface area contributed by atoms with Crippen LogP contribution in [0.5, 0.6) is 0 Å². The fraction of sp³-hybridized carbons (Fsp3) is 0.500. The monoisotopic (exact) mass is 111 g/mol. The van der Waals surface area contributed by atoms with Crippen LogP contribution in [0.1, 0.15) is 19.8 Å². The summed E-state index contributed by atoms with van der Waals surface area (Å²) >= 11 is 0. The SMILES string of the molecule is C=NC(CCC)=[N+]=C. The van der Waals surface area contributed by atoms with Crippen LogP contribution in [0.25, 0.3) is 0 Å². The number of amidine groups is 1. The Morgan fingerprint density at radius 1 is 1.75 bits per heavy atom. The van der Waals surface area contributed by atoms with Crippen LogP contribution < -0.4 is 4.67 Å². The van der Waals surface area contributed by atoms with E-state index in [0.717, 1.165) is 18.7 Å². The Balaban J connectivity index is 3.72. The molecule has 0 spiro atoms. The Hall–Kier alpha value is -0.880. The van der Waals surface area contributed by atoms with Gasteiger partial charge in [-0.05, 0) is 11.4 Å². The summed E-state index contributed by atoms with van der Waals surface area (Å²) in [4.78, 5) is 3.63. The van der Waals surface area contributed by atoms with E-state index in [2.05, 4.69) is 30.0 Å². The van der Waals surface area contributed by atoms with Crippen LogP contribution in [0.3, 0.4) is 0 Å². The van der Waals surface area contributed by atoms with Crippen LogP contribution in [-0.2, 0) is 0 Å². The molecule has 0 aromatic heterocycles. The van der Waals surface area contributed by atoms with Gasteiger partial charge in [-0.15, -0.1) is 0 Å². The average molecular weight is 111 g/mol. The molecule has 0 fully saturated rings. The second-order valence-electron chi connectivity index (χ2n) is 1.48. The maximum atomic E-state index is 3.63. The molecule has 0 aromatic carbocycles. The van der Waals surface area contributed by atoms with Crippen molar-refractivity contribution in [2.24, 2.45) is 4.99 Å². The third-order valence-electron chi connectivity index (χ3n) is 0.839. The Labute approximate surface area is 49.7 Å². The predicted octanol–water partition coefficient (Wildman–Crippen LogP) is 0.653. The van der Waals surface area contributed by atoms with Crippen molar-refractivity contribution in [3.8, 4) is 0 Å². The molecule has 0 radical (unpaired) electrons. The maximum absolute atomic E-state index is 3.63. The van der Waals surface area contributed by atoms with E-state index in [-0.39, 0.29) is 0 Å². The molecule has 0 aliphatic rings. The summed E-state index contributed by atoms with van der Waals surface area (Å²) in [6.07, 6.45) is 1.93. The molecule has 0 atom stereocenters. The zero-order chi connectivity index (χ0) is 6.41. The van der Waals surface area contributed by atoms with E-state index in [9.17, 15) is 0 Å². The van der Waals surface area contributed by atoms with Crippen LogP contribution in [0.15, 0.2) is 4.99 Å². The van der Waals surface area contributed by atoms with Crippen molar-refractivity contribution in [3.05, 3.63) is 0 Å². The lowest BCUT2D eigenvalue weighted by molar-refractivity contribution is 0.984. The molecule has 0 amide bonds. The van der Waals surface area contributed by atoms with E-state index < -0.39 is 0 Å². The van der Waals surface area contributed by atoms with Gasteiger partial charge in [0.2, 0.25) is 0 Å². The summed E-state index contributed by atoms with van der Waals surface area (Å²) in [6, 6.07) is 0. The van der Waals surface area contributed by atoms with E-state index in [0.29, 0.717) is 0 Å². The van der Waals surface area contributed by atoms with Crippen LogP contribution in [0, 0.1) is 0 Å². The van der Waals surface area contributed by atoms with Crippen molar-refractivity contribution in [1.82, 2.24) is 4.67 Å². The van der Waals surface area contributed by atoms with E-state index in [1.54, 1.807) is 0 Å². The van der Waals surface area contributed by atoms with Gasteiger partial charge in [0, 0.05) is 0 Å². The zero-order valence-electron chi connectivity index (χ0n) is 5.22. The Bertz CT molecular complexity index is 120. The van der Waals surface area contributed by atoms with Crippen LogP contribution in [0.4, 0.5) is 0 Å². The highest BCUT2D eigenvalue weighted by molar-refractivity contribution is 5.85. The number of aliphatic imine (C=N–C) groups is 1. The summed E-state index contributed by atoms with van der Waals surface area (Å²) in [5, 5.41) is 0. The molecule has 0 saturated carbocycles. The predicted molar refractivity (Wildman–Crippen MR) is 38.7 cm³/mol. The van der Waals surface area contributed by atoms with Gasteiger partial charge in [-0.25, -0.2) is 4.67 Å². The van der Waals surface area contributed by atoms with Gasteiger partial charge in [-0.1, -0.05) is 6.92 Å². The fourth-order valence-corrected chi connectivity index (χ4v) is 0.432. The topological polar surface area (TPSA) is 26.5 Å². The number of rotatable bonds is 2. The van der Waals surface area contributed by atoms with Gasteiger partial charge in [0.15, 0.2) is 6.72 Å². The summed E-state index contributed by atoms with van der Waals surface area (Å²) in [6.45, 7) is 8.73. The van der Waals surface area contributed by atoms with E-state index in [4.69, 9.17) is 0 Å². The average Bonchev–Trinajstić information content (AvgIpc) is 1.83. The minimum Gasteiger partial charge on any atom is -0.220 e. The molecular weight excluding hydrogens is 100 g/mol. The molecular formula is C6H11N2+.